The zero-order valence-electron chi connectivity index (χ0n) is 36.4. The van der Waals surface area contributed by atoms with Gasteiger partial charge in [0.25, 0.3) is 0 Å². The number of ether oxygens (including phenoxy) is 1. The van der Waals surface area contributed by atoms with Crippen LogP contribution in [0.1, 0.15) is 191 Å². The van der Waals surface area contributed by atoms with Gasteiger partial charge in [-0.2, -0.15) is 0 Å². The zero-order chi connectivity index (χ0) is 39.7. The van der Waals surface area contributed by atoms with Crippen molar-refractivity contribution in [2.75, 3.05) is 0 Å². The number of rotatable bonds is 22. The topological polar surface area (TPSA) is 35.0 Å². The molecule has 0 bridgehead atoms. The van der Waals surface area contributed by atoms with Gasteiger partial charge in [-0.3, -0.25) is 9.97 Å². The number of hydrogen-bond donors (Lipinski definition) is 0. The summed E-state index contributed by atoms with van der Waals surface area (Å²) >= 11 is 0. The Labute approximate surface area is 348 Å². The van der Waals surface area contributed by atoms with Crippen LogP contribution in [0.25, 0.3) is 22.5 Å². The number of hydrogen-bond acceptors (Lipinski definition) is 3. The fourth-order valence-corrected chi connectivity index (χ4v) is 9.94. The lowest BCUT2D eigenvalue weighted by atomic mass is 9.74. The molecule has 2 aliphatic carbocycles. The molecule has 2 aliphatic rings. The van der Waals surface area contributed by atoms with E-state index in [0.717, 1.165) is 36.1 Å². The largest absolute Gasteiger partial charge is 0.365 e. The first kappa shape index (κ1) is 43.3. The van der Waals surface area contributed by atoms with Gasteiger partial charge in [-0.05, 0) is 109 Å². The van der Waals surface area contributed by atoms with E-state index in [1.807, 2.05) is 0 Å². The summed E-state index contributed by atoms with van der Waals surface area (Å²) in [6, 6.07) is 27.7. The lowest BCUT2D eigenvalue weighted by Crippen LogP contribution is -2.28. The van der Waals surface area contributed by atoms with Gasteiger partial charge in [-0.1, -0.05) is 178 Å². The molecule has 308 valence electrons. The third-order valence-corrected chi connectivity index (χ3v) is 13.7. The van der Waals surface area contributed by atoms with E-state index in [1.165, 1.54) is 162 Å². The normalized spacial score (nSPS) is 21.0. The van der Waals surface area contributed by atoms with Crippen LogP contribution < -0.4 is 0 Å². The van der Waals surface area contributed by atoms with Gasteiger partial charge < -0.3 is 4.74 Å². The maximum atomic E-state index is 7.74. The second-order valence-corrected chi connectivity index (χ2v) is 18.1. The van der Waals surface area contributed by atoms with Crippen molar-refractivity contribution in [3.8, 4) is 22.5 Å². The number of unbranched alkanes of at least 4 members (excludes halogenated alkanes) is 6. The fraction of sp³-hybridized carbons (Fsp3) is 0.593. The molecule has 0 spiro atoms. The molecule has 6 rings (SSSR count). The highest BCUT2D eigenvalue weighted by atomic mass is 16.5. The van der Waals surface area contributed by atoms with Crippen LogP contribution in [-0.4, -0.2) is 9.97 Å². The number of pyridine rings is 2. The van der Waals surface area contributed by atoms with E-state index in [4.69, 9.17) is 14.7 Å². The molecular formula is C54H76N2O. The van der Waals surface area contributed by atoms with Gasteiger partial charge in [0, 0.05) is 23.5 Å². The molecule has 2 fully saturated rings. The fourth-order valence-electron chi connectivity index (χ4n) is 9.94. The second-order valence-electron chi connectivity index (χ2n) is 18.1. The number of benzene rings is 2. The predicted octanol–water partition coefficient (Wildman–Crippen LogP) is 16.1. The van der Waals surface area contributed by atoms with Crippen molar-refractivity contribution in [1.82, 2.24) is 9.97 Å². The first-order chi connectivity index (χ1) is 28.1. The minimum atomic E-state index is 0.0873. The summed E-state index contributed by atoms with van der Waals surface area (Å²) < 4.78 is 7.74. The molecule has 2 aromatic carbocycles. The highest BCUT2D eigenvalue weighted by Crippen LogP contribution is 2.47. The highest BCUT2D eigenvalue weighted by Gasteiger charge is 2.36. The van der Waals surface area contributed by atoms with Gasteiger partial charge >= 0.3 is 0 Å². The molecule has 2 aromatic heterocycles. The third-order valence-electron chi connectivity index (χ3n) is 13.7. The summed E-state index contributed by atoms with van der Waals surface area (Å²) in [6.45, 7) is 9.16. The van der Waals surface area contributed by atoms with E-state index in [0.29, 0.717) is 11.8 Å². The van der Waals surface area contributed by atoms with Crippen LogP contribution in [0.5, 0.6) is 0 Å². The van der Waals surface area contributed by atoms with Crippen LogP contribution in [0.3, 0.4) is 0 Å². The molecule has 0 aliphatic heterocycles. The molecule has 0 saturated heterocycles. The first-order valence-electron chi connectivity index (χ1n) is 23.8. The van der Waals surface area contributed by atoms with Gasteiger partial charge in [0.1, 0.15) is 0 Å². The Morgan fingerprint density at radius 1 is 0.456 bits per heavy atom. The quantitative estimate of drug-likeness (QED) is 0.0747. The number of nitrogens with zero attached hydrogens (tertiary/aromatic N) is 2. The maximum absolute atomic E-state index is 7.74. The van der Waals surface area contributed by atoms with E-state index in [1.54, 1.807) is 0 Å². The van der Waals surface area contributed by atoms with Gasteiger partial charge in [-0.25, -0.2) is 0 Å². The van der Waals surface area contributed by atoms with Crippen LogP contribution in [0.4, 0.5) is 0 Å². The monoisotopic (exact) mass is 769 g/mol. The van der Waals surface area contributed by atoms with Crippen molar-refractivity contribution in [3.05, 3.63) is 107 Å². The van der Waals surface area contributed by atoms with Crippen LogP contribution in [-0.2, 0) is 17.6 Å². The summed E-state index contributed by atoms with van der Waals surface area (Å²) in [5.41, 5.74) is 9.86. The average Bonchev–Trinajstić information content (AvgIpc) is 3.27. The molecule has 0 radical (unpaired) electrons. The van der Waals surface area contributed by atoms with Crippen LogP contribution in [0.15, 0.2) is 85.2 Å². The van der Waals surface area contributed by atoms with E-state index >= 15 is 0 Å². The minimum Gasteiger partial charge on any atom is -0.365 e. The minimum absolute atomic E-state index is 0.0873. The van der Waals surface area contributed by atoms with Crippen LogP contribution in [0.2, 0.25) is 0 Å². The number of aromatic nitrogens is 2. The summed E-state index contributed by atoms with van der Waals surface area (Å²) in [7, 11) is 0. The van der Waals surface area contributed by atoms with Crippen LogP contribution in [0, 0.1) is 23.7 Å². The Morgan fingerprint density at radius 3 is 1.18 bits per heavy atom. The van der Waals surface area contributed by atoms with E-state index in [9.17, 15) is 0 Å². The smallest absolute Gasteiger partial charge is 0.0861 e. The lowest BCUT2D eigenvalue weighted by Gasteiger charge is -2.40. The van der Waals surface area contributed by atoms with E-state index < -0.39 is 0 Å². The SMILES string of the molecule is CCCCC[C@H]1CC[C@H](C(OC(c2ccc(-c3ccc(CCCC)cn3)cc2)[C@H]2CC[C@H](CCCCC)CC2)c2ccc(-c3ccc(CCCC)cn3)cc2)CC1. The Bertz CT molecular complexity index is 1540. The summed E-state index contributed by atoms with van der Waals surface area (Å²) in [5.74, 6) is 2.83. The maximum Gasteiger partial charge on any atom is 0.0861 e. The van der Waals surface area contributed by atoms with Gasteiger partial charge in [-0.15, -0.1) is 0 Å². The predicted molar refractivity (Wildman–Crippen MR) is 242 cm³/mol. The van der Waals surface area contributed by atoms with Gasteiger partial charge in [0.2, 0.25) is 0 Å². The molecule has 0 amide bonds. The van der Waals surface area contributed by atoms with Gasteiger partial charge in [0.15, 0.2) is 0 Å². The molecule has 0 N–H and O–H groups in total. The molecule has 2 heterocycles. The molecular weight excluding hydrogens is 693 g/mol. The van der Waals surface area contributed by atoms with E-state index in [2.05, 4.69) is 113 Å². The molecule has 4 aromatic rings. The summed E-state index contributed by atoms with van der Waals surface area (Å²) in [4.78, 5) is 9.79. The summed E-state index contributed by atoms with van der Waals surface area (Å²) in [5, 5.41) is 0. The Balaban J connectivity index is 1.26. The molecule has 3 nitrogen and oxygen atoms in total. The van der Waals surface area contributed by atoms with Crippen molar-refractivity contribution in [1.29, 1.82) is 0 Å². The second kappa shape index (κ2) is 23.3. The summed E-state index contributed by atoms with van der Waals surface area (Å²) in [6.07, 6.45) is 32.8. The first-order valence-corrected chi connectivity index (χ1v) is 23.8. The molecule has 3 heteroatoms. The third kappa shape index (κ3) is 12.8. The van der Waals surface area contributed by atoms with Crippen molar-refractivity contribution in [3.63, 3.8) is 0 Å². The number of aryl methyl sites for hydroxylation is 2. The lowest BCUT2D eigenvalue weighted by molar-refractivity contribution is -0.0907. The Morgan fingerprint density at radius 2 is 0.842 bits per heavy atom. The van der Waals surface area contributed by atoms with Gasteiger partial charge in [0.05, 0.1) is 23.6 Å². The Hall–Kier alpha value is -3.30. The average molecular weight is 769 g/mol. The molecule has 2 atom stereocenters. The standard InChI is InChI=1S/C54H76N2O/c1-5-9-13-17-41-19-25-47(26-20-41)53(49-33-29-45(30-34-49)51-37-23-43(39-55-51)15-11-7-3)57-54(48-27-21-42(22-28-48)18-14-10-6-2)50-35-31-46(32-36-50)52-38-24-44(40-56-52)16-12-8-4/h23-24,29-42,47-48,53-54H,5-22,25-28H2,1-4H3/t41-,42-,47-,48-,53?,54?. The van der Waals surface area contributed by atoms with Crippen molar-refractivity contribution < 1.29 is 4.74 Å². The Kier molecular flexibility index (Phi) is 17.7. The molecule has 57 heavy (non-hydrogen) atoms. The van der Waals surface area contributed by atoms with Crippen molar-refractivity contribution in [2.45, 2.75) is 181 Å². The van der Waals surface area contributed by atoms with Crippen molar-refractivity contribution >= 4 is 0 Å². The zero-order valence-corrected chi connectivity index (χ0v) is 36.4. The molecule has 2 unspecified atom stereocenters. The molecule has 2 saturated carbocycles. The van der Waals surface area contributed by atoms with Crippen molar-refractivity contribution in [2.24, 2.45) is 23.7 Å². The highest BCUT2D eigenvalue weighted by molar-refractivity contribution is 5.60. The van der Waals surface area contributed by atoms with Crippen LogP contribution >= 0.6 is 0 Å². The van der Waals surface area contributed by atoms with E-state index in [-0.39, 0.29) is 12.2 Å².